The van der Waals surface area contributed by atoms with Gasteiger partial charge in [0.1, 0.15) is 11.6 Å². The van der Waals surface area contributed by atoms with Crippen molar-refractivity contribution in [2.24, 2.45) is 0 Å². The van der Waals surface area contributed by atoms with E-state index in [4.69, 9.17) is 0 Å². The number of hydrogen-bond acceptors (Lipinski definition) is 6. The Labute approximate surface area is 284 Å². The van der Waals surface area contributed by atoms with Gasteiger partial charge in [-0.1, -0.05) is 45.9 Å². The molecule has 1 aliphatic rings. The Morgan fingerprint density at radius 1 is 0.958 bits per heavy atom. The summed E-state index contributed by atoms with van der Waals surface area (Å²) in [5, 5.41) is 17.6. The summed E-state index contributed by atoms with van der Waals surface area (Å²) in [5.74, 6) is -1.81. The van der Waals surface area contributed by atoms with Crippen molar-refractivity contribution in [2.45, 2.75) is 83.7 Å². The second kappa shape index (κ2) is 16.4. The normalized spacial score (nSPS) is 17.4. The van der Waals surface area contributed by atoms with Gasteiger partial charge in [-0.05, 0) is 90.3 Å². The van der Waals surface area contributed by atoms with Gasteiger partial charge in [-0.2, -0.15) is 10.6 Å². The van der Waals surface area contributed by atoms with E-state index in [-0.39, 0.29) is 47.4 Å². The lowest BCUT2D eigenvalue weighted by molar-refractivity contribution is 0.0755. The molecule has 48 heavy (non-hydrogen) atoms. The van der Waals surface area contributed by atoms with Gasteiger partial charge in [0.25, 0.3) is 11.8 Å². The van der Waals surface area contributed by atoms with E-state index in [1.54, 1.807) is 24.0 Å². The fraction of sp³-hybridized carbons (Fsp3) is 0.459. The zero-order chi connectivity index (χ0) is 35.2. The molecule has 262 valence electrons. The number of hydrogen-bond donors (Lipinski definition) is 5. The number of halogens is 2. The van der Waals surface area contributed by atoms with E-state index in [2.05, 4.69) is 24.5 Å². The molecule has 3 aromatic carbocycles. The quantitative estimate of drug-likeness (QED) is 0.125. The summed E-state index contributed by atoms with van der Waals surface area (Å²) >= 11 is 0. The molecule has 0 aromatic heterocycles. The van der Waals surface area contributed by atoms with Crippen LogP contribution in [0.15, 0.2) is 54.6 Å². The zero-order valence-corrected chi connectivity index (χ0v) is 29.2. The number of nitrogens with one attached hydrogen (secondary N) is 2. The number of rotatable bonds is 14. The van der Waals surface area contributed by atoms with Crippen LogP contribution in [0, 0.1) is 18.6 Å². The molecule has 1 aliphatic heterocycles. The van der Waals surface area contributed by atoms with Crippen LogP contribution in [0.3, 0.4) is 0 Å². The largest absolute Gasteiger partial charge is 0.390 e. The molecule has 3 aromatic rings. The lowest BCUT2D eigenvalue weighted by Crippen LogP contribution is -2.49. The Kier molecular flexibility index (Phi) is 12.8. The molecule has 0 unspecified atom stereocenters. The van der Waals surface area contributed by atoms with Crippen LogP contribution in [0.2, 0.25) is 0 Å². The Morgan fingerprint density at radius 3 is 2.23 bits per heavy atom. The van der Waals surface area contributed by atoms with Crippen LogP contribution in [0.25, 0.3) is 0 Å². The molecule has 5 N–H and O–H groups in total. The van der Waals surface area contributed by atoms with Crippen molar-refractivity contribution >= 4 is 22.4 Å². The lowest BCUT2D eigenvalue weighted by Gasteiger charge is -2.42. The highest BCUT2D eigenvalue weighted by molar-refractivity contribution is 8.23. The summed E-state index contributed by atoms with van der Waals surface area (Å²) in [5.41, 5.74) is 4.39. The molecule has 0 saturated carbocycles. The van der Waals surface area contributed by atoms with E-state index >= 15 is 0 Å². The maximum Gasteiger partial charge on any atom is 0.253 e. The van der Waals surface area contributed by atoms with Crippen LogP contribution in [0.5, 0.6) is 0 Å². The first-order chi connectivity index (χ1) is 22.7. The van der Waals surface area contributed by atoms with E-state index in [9.17, 15) is 32.6 Å². The molecular weight excluding hydrogens is 636 g/mol. The van der Waals surface area contributed by atoms with Crippen LogP contribution in [-0.2, 0) is 12.2 Å². The van der Waals surface area contributed by atoms with E-state index in [1.807, 2.05) is 32.0 Å². The number of amides is 2. The van der Waals surface area contributed by atoms with Gasteiger partial charge in [0.2, 0.25) is 0 Å². The molecular formula is C37H49F2N3O5S. The first-order valence-corrected chi connectivity index (χ1v) is 18.5. The molecule has 3 atom stereocenters. The van der Waals surface area contributed by atoms with Gasteiger partial charge < -0.3 is 20.6 Å². The summed E-state index contributed by atoms with van der Waals surface area (Å²) in [6.45, 7) is 11.1. The Morgan fingerprint density at radius 2 is 1.60 bits per heavy atom. The maximum atomic E-state index is 14.2. The van der Waals surface area contributed by atoms with Gasteiger partial charge in [0, 0.05) is 36.8 Å². The highest BCUT2D eigenvalue weighted by Gasteiger charge is 2.32. The standard InChI is InChI=1S/C37H49F2N3O5S/c1-6-10-42(11-7-2)37(45)29-13-24(5)12-28(17-29)36(44)41-33(16-25-14-30(38)19-31(39)15-25)35(43)20-40-34-22-48(46,47)21-27-9-8-26(23(3)4)18-32(27)34/h8-9,12-15,17-19,23,33-35,40,43,46-47H,6-7,10-11,16,20-22H2,1-5H3,(H,41,44)/t33-,34+,35+/m0/s1. The van der Waals surface area contributed by atoms with Gasteiger partial charge >= 0.3 is 0 Å². The van der Waals surface area contributed by atoms with Gasteiger partial charge in [-0.25, -0.2) is 8.78 Å². The third-order valence-electron chi connectivity index (χ3n) is 8.63. The predicted molar refractivity (Wildman–Crippen MR) is 188 cm³/mol. The Bertz CT molecular complexity index is 1570. The second-order valence-electron chi connectivity index (χ2n) is 13.2. The van der Waals surface area contributed by atoms with E-state index in [0.29, 0.717) is 24.2 Å². The number of aliphatic hydroxyl groups excluding tert-OH is 1. The first-order valence-electron chi connectivity index (χ1n) is 16.6. The number of fused-ring (bicyclic) bond motifs is 1. The van der Waals surface area contributed by atoms with Crippen molar-refractivity contribution in [1.82, 2.24) is 15.5 Å². The molecule has 0 spiro atoms. The van der Waals surface area contributed by atoms with Crippen molar-refractivity contribution in [2.75, 3.05) is 25.4 Å². The summed E-state index contributed by atoms with van der Waals surface area (Å²) in [7, 11) is -2.92. The number of nitrogens with zero attached hydrogens (tertiary/aromatic N) is 1. The molecule has 11 heteroatoms. The maximum absolute atomic E-state index is 14.2. The second-order valence-corrected chi connectivity index (χ2v) is 15.4. The van der Waals surface area contributed by atoms with Crippen molar-refractivity contribution in [3.05, 3.63) is 105 Å². The lowest BCUT2D eigenvalue weighted by atomic mass is 9.94. The van der Waals surface area contributed by atoms with Gasteiger partial charge in [-0.15, -0.1) is 0 Å². The number of benzene rings is 3. The molecule has 0 fully saturated rings. The fourth-order valence-electron chi connectivity index (χ4n) is 6.26. The molecule has 1 heterocycles. The molecule has 0 saturated heterocycles. The van der Waals surface area contributed by atoms with Crippen molar-refractivity contribution in [1.29, 1.82) is 0 Å². The van der Waals surface area contributed by atoms with Gasteiger partial charge in [-0.3, -0.25) is 18.7 Å². The minimum Gasteiger partial charge on any atom is -0.390 e. The van der Waals surface area contributed by atoms with E-state index < -0.39 is 46.3 Å². The molecule has 0 aliphatic carbocycles. The highest BCUT2D eigenvalue weighted by atomic mass is 32.3. The number of aliphatic hydroxyl groups is 1. The fourth-order valence-corrected chi connectivity index (χ4v) is 7.97. The van der Waals surface area contributed by atoms with E-state index in [0.717, 1.165) is 47.7 Å². The Balaban J connectivity index is 1.59. The summed E-state index contributed by atoms with van der Waals surface area (Å²) in [6, 6.07) is 12.5. The molecule has 0 radical (unpaired) electrons. The third kappa shape index (κ3) is 9.85. The van der Waals surface area contributed by atoms with Crippen molar-refractivity contribution in [3.63, 3.8) is 0 Å². The Hall–Kier alpha value is -3.35. The first kappa shape index (κ1) is 37.5. The van der Waals surface area contributed by atoms with E-state index in [1.165, 1.54) is 6.07 Å². The van der Waals surface area contributed by atoms with Crippen molar-refractivity contribution < 1.29 is 32.6 Å². The average molecular weight is 686 g/mol. The monoisotopic (exact) mass is 685 g/mol. The van der Waals surface area contributed by atoms with Crippen LogP contribution in [-0.4, -0.2) is 68.5 Å². The minimum atomic E-state index is -2.92. The molecule has 0 bridgehead atoms. The smallest absolute Gasteiger partial charge is 0.253 e. The SMILES string of the molecule is CCCN(CCC)C(=O)c1cc(C)cc(C(=O)N[C@@H](Cc2cc(F)cc(F)c2)[C@H](O)CN[C@@H]2CS(O)(O)Cc3ccc(C(C)C)cc32)c1. The predicted octanol–water partition coefficient (Wildman–Crippen LogP) is 6.96. The van der Waals surface area contributed by atoms with Crippen LogP contribution in [0.1, 0.15) is 101 Å². The number of carbonyl (C=O) groups excluding carboxylic acids is 2. The number of carbonyl (C=O) groups is 2. The van der Waals surface area contributed by atoms with Gasteiger partial charge in [0.15, 0.2) is 0 Å². The molecule has 2 amide bonds. The molecule has 4 rings (SSSR count). The van der Waals surface area contributed by atoms with Crippen molar-refractivity contribution in [3.8, 4) is 0 Å². The zero-order valence-electron chi connectivity index (χ0n) is 28.4. The van der Waals surface area contributed by atoms with Crippen LogP contribution >= 0.6 is 10.6 Å². The van der Waals surface area contributed by atoms with Crippen LogP contribution in [0.4, 0.5) is 8.78 Å². The van der Waals surface area contributed by atoms with Gasteiger partial charge in [0.05, 0.1) is 29.7 Å². The third-order valence-corrected chi connectivity index (χ3v) is 10.3. The summed E-state index contributed by atoms with van der Waals surface area (Å²) in [4.78, 5) is 28.8. The summed E-state index contributed by atoms with van der Waals surface area (Å²) in [6.07, 6.45) is 0.263. The molecule has 8 nitrogen and oxygen atoms in total. The topological polar surface area (TPSA) is 122 Å². The van der Waals surface area contributed by atoms with Crippen LogP contribution < -0.4 is 10.6 Å². The minimum absolute atomic E-state index is 0.0607. The average Bonchev–Trinajstić information content (AvgIpc) is 3.01. The highest BCUT2D eigenvalue weighted by Crippen LogP contribution is 2.51. The summed E-state index contributed by atoms with van der Waals surface area (Å²) < 4.78 is 49.7. The number of aryl methyl sites for hydroxylation is 1.